The fraction of sp³-hybridized carbons (Fsp3) is 0.947. The highest BCUT2D eigenvalue weighted by molar-refractivity contribution is 7.47. The van der Waals surface area contributed by atoms with Crippen LogP contribution in [0.15, 0.2) is 0 Å². The predicted octanol–water partition coefficient (Wildman–Crippen LogP) is 21.8. The molecular formula is C75H146O17P2. The van der Waals surface area contributed by atoms with E-state index in [-0.39, 0.29) is 25.7 Å². The molecule has 0 heterocycles. The van der Waals surface area contributed by atoms with Crippen LogP contribution in [0.4, 0.5) is 0 Å². The fourth-order valence-electron chi connectivity index (χ4n) is 11.4. The summed E-state index contributed by atoms with van der Waals surface area (Å²) in [5, 5.41) is 10.6. The van der Waals surface area contributed by atoms with Gasteiger partial charge in [0.1, 0.15) is 19.3 Å². The number of esters is 4. The van der Waals surface area contributed by atoms with E-state index in [2.05, 4.69) is 48.5 Å². The summed E-state index contributed by atoms with van der Waals surface area (Å²) in [6.07, 6.45) is 51.2. The summed E-state index contributed by atoms with van der Waals surface area (Å²) < 4.78 is 68.5. The topological polar surface area (TPSA) is 237 Å². The Morgan fingerprint density at radius 2 is 0.543 bits per heavy atom. The van der Waals surface area contributed by atoms with Crippen LogP contribution in [0.5, 0.6) is 0 Å². The highest BCUT2D eigenvalue weighted by Gasteiger charge is 2.30. The van der Waals surface area contributed by atoms with Crippen molar-refractivity contribution in [3.8, 4) is 0 Å². The molecule has 0 spiro atoms. The summed E-state index contributed by atoms with van der Waals surface area (Å²) in [6, 6.07) is 0. The van der Waals surface area contributed by atoms with Crippen LogP contribution in [0.25, 0.3) is 0 Å². The molecule has 0 bridgehead atoms. The van der Waals surface area contributed by atoms with Crippen LogP contribution in [0.3, 0.4) is 0 Å². The number of aliphatic hydroxyl groups excluding tert-OH is 1. The molecule has 0 radical (unpaired) electrons. The second-order valence-corrected chi connectivity index (χ2v) is 30.9. The predicted molar refractivity (Wildman–Crippen MR) is 381 cm³/mol. The smallest absolute Gasteiger partial charge is 0.462 e. The van der Waals surface area contributed by atoms with Gasteiger partial charge in [0, 0.05) is 25.7 Å². The summed E-state index contributed by atoms with van der Waals surface area (Å²) >= 11 is 0. The lowest BCUT2D eigenvalue weighted by Crippen LogP contribution is -2.30. The first-order valence-electron chi connectivity index (χ1n) is 38.9. The Balaban J connectivity index is 5.24. The van der Waals surface area contributed by atoms with Crippen LogP contribution in [0, 0.1) is 17.8 Å². The third-order valence-corrected chi connectivity index (χ3v) is 20.0. The summed E-state index contributed by atoms with van der Waals surface area (Å²) in [5.41, 5.74) is 0. The molecule has 0 saturated carbocycles. The summed E-state index contributed by atoms with van der Waals surface area (Å²) in [5.74, 6) is 0.236. The molecule has 0 rings (SSSR count). The lowest BCUT2D eigenvalue weighted by atomic mass is 9.99. The minimum absolute atomic E-state index is 0.105. The van der Waals surface area contributed by atoms with Crippen molar-refractivity contribution in [1.29, 1.82) is 0 Å². The maximum atomic E-state index is 13.1. The van der Waals surface area contributed by atoms with Gasteiger partial charge in [-0.25, -0.2) is 9.13 Å². The average Bonchev–Trinajstić information content (AvgIpc) is 1.22. The van der Waals surface area contributed by atoms with Crippen LogP contribution in [-0.4, -0.2) is 96.7 Å². The van der Waals surface area contributed by atoms with E-state index in [4.69, 9.17) is 37.0 Å². The Hall–Kier alpha value is -1.94. The van der Waals surface area contributed by atoms with Gasteiger partial charge in [0.2, 0.25) is 0 Å². The van der Waals surface area contributed by atoms with Gasteiger partial charge in [-0.15, -0.1) is 0 Å². The zero-order chi connectivity index (χ0) is 69.4. The Bertz CT molecular complexity index is 1840. The van der Waals surface area contributed by atoms with Crippen molar-refractivity contribution < 1.29 is 80.2 Å². The first-order valence-corrected chi connectivity index (χ1v) is 41.9. The number of phosphoric ester groups is 2. The number of phosphoric acid groups is 2. The van der Waals surface area contributed by atoms with Crippen molar-refractivity contribution in [2.45, 2.75) is 401 Å². The van der Waals surface area contributed by atoms with Crippen molar-refractivity contribution in [3.63, 3.8) is 0 Å². The molecule has 19 heteroatoms. The molecule has 4 unspecified atom stereocenters. The molecule has 0 aromatic heterocycles. The average molecular weight is 1380 g/mol. The van der Waals surface area contributed by atoms with Gasteiger partial charge in [-0.1, -0.05) is 331 Å². The van der Waals surface area contributed by atoms with Gasteiger partial charge in [-0.05, 0) is 43.4 Å². The molecule has 0 aromatic carbocycles. The van der Waals surface area contributed by atoms with Gasteiger partial charge >= 0.3 is 39.5 Å². The SMILES string of the molecule is CCCCCCCCCCCCCC(=O)OC[C@H](COP(=O)(O)OC[C@H](O)COP(=O)(O)OC[C@@H](COC(=O)CCCCCCCCCCC(C)CC)OC(=O)CCCCCCCCCCCCCCCCCCC(C)C)OC(=O)CCCCCCCCCCC(C)CC. The monoisotopic (exact) mass is 1380 g/mol. The Labute approximate surface area is 575 Å². The van der Waals surface area contributed by atoms with E-state index in [0.29, 0.717) is 25.7 Å². The van der Waals surface area contributed by atoms with E-state index in [1.54, 1.807) is 0 Å². The fourth-order valence-corrected chi connectivity index (χ4v) is 12.9. The lowest BCUT2D eigenvalue weighted by molar-refractivity contribution is -0.161. The van der Waals surface area contributed by atoms with Crippen molar-refractivity contribution in [3.05, 3.63) is 0 Å². The maximum absolute atomic E-state index is 13.1. The van der Waals surface area contributed by atoms with Gasteiger partial charge in [0.25, 0.3) is 0 Å². The van der Waals surface area contributed by atoms with Crippen LogP contribution in [-0.2, 0) is 65.4 Å². The third kappa shape index (κ3) is 66.0. The standard InChI is InChI=1S/C75H146O17P2/c1-8-11-12-13-14-15-22-26-35-42-49-56-72(77)85-62-71(92-75(80)59-52-45-38-31-29-34-41-48-55-68(7)10-3)65-90-94(83,84)88-61-69(76)60-87-93(81,82)89-64-70(63-86-73(78)57-50-43-36-30-28-33-40-47-54-67(6)9-2)91-74(79)58-51-44-37-27-24-21-19-17-16-18-20-23-25-32-39-46-53-66(4)5/h66-71,76H,8-65H2,1-7H3,(H,81,82)(H,83,84)/t67?,68?,69-,70-,71-/m1/s1. The minimum atomic E-state index is -4.96. The molecule has 0 aliphatic heterocycles. The molecule has 17 nitrogen and oxygen atoms in total. The van der Waals surface area contributed by atoms with E-state index in [1.165, 1.54) is 193 Å². The highest BCUT2D eigenvalue weighted by atomic mass is 31.2. The van der Waals surface area contributed by atoms with Crippen molar-refractivity contribution in [2.24, 2.45) is 17.8 Å². The summed E-state index contributed by atoms with van der Waals surface area (Å²) in [6.45, 7) is 11.9. The first-order chi connectivity index (χ1) is 45.3. The van der Waals surface area contributed by atoms with E-state index >= 15 is 0 Å². The largest absolute Gasteiger partial charge is 0.472 e. The Morgan fingerprint density at radius 1 is 0.309 bits per heavy atom. The summed E-state index contributed by atoms with van der Waals surface area (Å²) in [4.78, 5) is 72.8. The minimum Gasteiger partial charge on any atom is -0.462 e. The van der Waals surface area contributed by atoms with Crippen LogP contribution in [0.2, 0.25) is 0 Å². The number of unbranched alkanes of at least 4 members (excludes halogenated alkanes) is 39. The van der Waals surface area contributed by atoms with Crippen molar-refractivity contribution in [2.75, 3.05) is 39.6 Å². The maximum Gasteiger partial charge on any atom is 0.472 e. The molecule has 0 aliphatic carbocycles. The lowest BCUT2D eigenvalue weighted by Gasteiger charge is -2.21. The van der Waals surface area contributed by atoms with E-state index in [1.807, 2.05) is 0 Å². The van der Waals surface area contributed by atoms with Gasteiger partial charge in [-0.2, -0.15) is 0 Å². The van der Waals surface area contributed by atoms with Crippen LogP contribution < -0.4 is 0 Å². The van der Waals surface area contributed by atoms with Gasteiger partial charge in [-0.3, -0.25) is 37.3 Å². The van der Waals surface area contributed by atoms with E-state index in [9.17, 15) is 43.2 Å². The molecule has 0 amide bonds. The van der Waals surface area contributed by atoms with Crippen LogP contribution >= 0.6 is 15.6 Å². The molecule has 94 heavy (non-hydrogen) atoms. The second kappa shape index (κ2) is 65.7. The first kappa shape index (κ1) is 92.1. The van der Waals surface area contributed by atoms with E-state index in [0.717, 1.165) is 108 Å². The van der Waals surface area contributed by atoms with Gasteiger partial charge in [0.15, 0.2) is 12.2 Å². The number of aliphatic hydroxyl groups is 1. The molecule has 0 aromatic rings. The summed E-state index contributed by atoms with van der Waals surface area (Å²) in [7, 11) is -9.91. The molecule has 3 N–H and O–H groups in total. The number of rotatable bonds is 73. The molecule has 558 valence electrons. The Kier molecular flexibility index (Phi) is 64.3. The molecule has 0 fully saturated rings. The molecule has 7 atom stereocenters. The quantitative estimate of drug-likeness (QED) is 0.0222. The van der Waals surface area contributed by atoms with Gasteiger partial charge < -0.3 is 33.8 Å². The Morgan fingerprint density at radius 3 is 0.809 bits per heavy atom. The third-order valence-electron chi connectivity index (χ3n) is 18.1. The van der Waals surface area contributed by atoms with Gasteiger partial charge in [0.05, 0.1) is 26.4 Å². The zero-order valence-electron chi connectivity index (χ0n) is 61.4. The molecular weight excluding hydrogens is 1230 g/mol. The highest BCUT2D eigenvalue weighted by Crippen LogP contribution is 2.45. The van der Waals surface area contributed by atoms with Crippen molar-refractivity contribution in [1.82, 2.24) is 0 Å². The number of carbonyl (C=O) groups is 4. The number of ether oxygens (including phenoxy) is 4. The zero-order valence-corrected chi connectivity index (χ0v) is 63.2. The van der Waals surface area contributed by atoms with Crippen molar-refractivity contribution >= 4 is 39.5 Å². The van der Waals surface area contributed by atoms with Crippen LogP contribution in [0.1, 0.15) is 382 Å². The number of hydrogen-bond acceptors (Lipinski definition) is 15. The molecule has 0 saturated heterocycles. The normalized spacial score (nSPS) is 14.7. The second-order valence-electron chi connectivity index (χ2n) is 28.0. The van der Waals surface area contributed by atoms with E-state index < -0.39 is 97.5 Å². The number of carbonyl (C=O) groups excluding carboxylic acids is 4. The number of hydrogen-bond donors (Lipinski definition) is 3. The molecule has 0 aliphatic rings.